The van der Waals surface area contributed by atoms with Gasteiger partial charge in [-0.15, -0.1) is 0 Å². The number of rotatable bonds is 4. The van der Waals surface area contributed by atoms with Crippen molar-refractivity contribution in [2.45, 2.75) is 24.8 Å². The predicted octanol–water partition coefficient (Wildman–Crippen LogP) is 4.24. The van der Waals surface area contributed by atoms with Crippen LogP contribution in [-0.4, -0.2) is 11.6 Å². The summed E-state index contributed by atoms with van der Waals surface area (Å²) in [6.45, 7) is 0. The Kier molecular flexibility index (Phi) is 3.84. The van der Waals surface area contributed by atoms with E-state index < -0.39 is 0 Å². The van der Waals surface area contributed by atoms with Gasteiger partial charge in [-0.05, 0) is 49.1 Å². The molecule has 4 heteroatoms. The second-order valence-corrected chi connectivity index (χ2v) is 5.97. The van der Waals surface area contributed by atoms with Gasteiger partial charge in [-0.1, -0.05) is 41.9 Å². The maximum absolute atomic E-state index is 12.1. The fraction of sp³-hybridized carbons (Fsp3) is 0.235. The van der Waals surface area contributed by atoms with Crippen molar-refractivity contribution in [1.29, 1.82) is 0 Å². The van der Waals surface area contributed by atoms with Gasteiger partial charge in [-0.25, -0.2) is 4.79 Å². The molecule has 21 heavy (non-hydrogen) atoms. The fourth-order valence-electron chi connectivity index (χ4n) is 2.42. The summed E-state index contributed by atoms with van der Waals surface area (Å²) in [6, 6.07) is 17.2. The molecule has 2 N–H and O–H groups in total. The Morgan fingerprint density at radius 3 is 2.33 bits per heavy atom. The average Bonchev–Trinajstić information content (AvgIpc) is 3.21. The molecule has 3 nitrogen and oxygen atoms in total. The van der Waals surface area contributed by atoms with E-state index in [-0.39, 0.29) is 11.6 Å². The SMILES string of the molecule is O=C(Nc1ccc(Cl)cc1)NC1(Cc2ccccc2)CC1. The van der Waals surface area contributed by atoms with Crippen LogP contribution in [0.2, 0.25) is 5.02 Å². The van der Waals surface area contributed by atoms with Crippen molar-refractivity contribution in [2.24, 2.45) is 0 Å². The van der Waals surface area contributed by atoms with E-state index in [1.807, 2.05) is 18.2 Å². The van der Waals surface area contributed by atoms with E-state index in [2.05, 4.69) is 22.8 Å². The number of halogens is 1. The van der Waals surface area contributed by atoms with Crippen molar-refractivity contribution in [3.05, 3.63) is 65.2 Å². The Balaban J connectivity index is 1.58. The van der Waals surface area contributed by atoms with Gasteiger partial charge in [0.1, 0.15) is 0 Å². The summed E-state index contributed by atoms with van der Waals surface area (Å²) in [6.07, 6.45) is 2.92. The summed E-state index contributed by atoms with van der Waals surface area (Å²) in [5, 5.41) is 6.59. The highest BCUT2D eigenvalue weighted by atomic mass is 35.5. The first-order valence-electron chi connectivity index (χ1n) is 7.04. The number of carbonyl (C=O) groups excluding carboxylic acids is 1. The van der Waals surface area contributed by atoms with E-state index in [4.69, 9.17) is 11.6 Å². The zero-order valence-electron chi connectivity index (χ0n) is 11.6. The predicted molar refractivity (Wildman–Crippen MR) is 85.7 cm³/mol. The molecular formula is C17H17ClN2O. The molecule has 1 saturated carbocycles. The summed E-state index contributed by atoms with van der Waals surface area (Å²) in [5.74, 6) is 0. The van der Waals surface area contributed by atoms with Crippen LogP contribution in [0.3, 0.4) is 0 Å². The summed E-state index contributed by atoms with van der Waals surface area (Å²) >= 11 is 5.83. The number of amides is 2. The Morgan fingerprint density at radius 1 is 1.05 bits per heavy atom. The Morgan fingerprint density at radius 2 is 1.71 bits per heavy atom. The minimum Gasteiger partial charge on any atom is -0.332 e. The third-order valence-electron chi connectivity index (χ3n) is 3.72. The molecule has 0 aromatic heterocycles. The molecule has 1 fully saturated rings. The third-order valence-corrected chi connectivity index (χ3v) is 3.97. The number of carbonyl (C=O) groups is 1. The fourth-order valence-corrected chi connectivity index (χ4v) is 2.55. The molecule has 0 spiro atoms. The molecule has 1 aliphatic carbocycles. The first-order chi connectivity index (χ1) is 10.2. The highest BCUT2D eigenvalue weighted by Gasteiger charge is 2.43. The van der Waals surface area contributed by atoms with E-state index in [0.29, 0.717) is 5.02 Å². The largest absolute Gasteiger partial charge is 0.332 e. The lowest BCUT2D eigenvalue weighted by atomic mass is 10.0. The smallest absolute Gasteiger partial charge is 0.319 e. The lowest BCUT2D eigenvalue weighted by Gasteiger charge is -2.18. The van der Waals surface area contributed by atoms with Crippen molar-refractivity contribution in [1.82, 2.24) is 5.32 Å². The zero-order chi connectivity index (χ0) is 14.7. The van der Waals surface area contributed by atoms with Crippen LogP contribution in [0, 0.1) is 0 Å². The number of anilines is 1. The lowest BCUT2D eigenvalue weighted by Crippen LogP contribution is -2.41. The van der Waals surface area contributed by atoms with Crippen molar-refractivity contribution < 1.29 is 4.79 Å². The second-order valence-electron chi connectivity index (χ2n) is 5.53. The lowest BCUT2D eigenvalue weighted by molar-refractivity contribution is 0.247. The van der Waals surface area contributed by atoms with Crippen molar-refractivity contribution in [3.8, 4) is 0 Å². The molecule has 2 aromatic rings. The average molecular weight is 301 g/mol. The van der Waals surface area contributed by atoms with E-state index in [0.717, 1.165) is 24.9 Å². The highest BCUT2D eigenvalue weighted by Crippen LogP contribution is 2.38. The quantitative estimate of drug-likeness (QED) is 0.871. The van der Waals surface area contributed by atoms with E-state index >= 15 is 0 Å². The first kappa shape index (κ1) is 14.0. The maximum Gasteiger partial charge on any atom is 0.319 e. The van der Waals surface area contributed by atoms with Gasteiger partial charge in [-0.2, -0.15) is 0 Å². The summed E-state index contributed by atoms with van der Waals surface area (Å²) in [5.41, 5.74) is 1.91. The summed E-state index contributed by atoms with van der Waals surface area (Å²) < 4.78 is 0. The molecule has 0 atom stereocenters. The van der Waals surface area contributed by atoms with Gasteiger partial charge >= 0.3 is 6.03 Å². The summed E-state index contributed by atoms with van der Waals surface area (Å²) in [7, 11) is 0. The number of benzene rings is 2. The molecule has 0 saturated heterocycles. The molecule has 2 amide bonds. The topological polar surface area (TPSA) is 41.1 Å². The van der Waals surface area contributed by atoms with Gasteiger partial charge in [0.2, 0.25) is 0 Å². The molecule has 0 bridgehead atoms. The first-order valence-corrected chi connectivity index (χ1v) is 7.42. The molecular weight excluding hydrogens is 284 g/mol. The van der Waals surface area contributed by atoms with Crippen LogP contribution in [0.15, 0.2) is 54.6 Å². The summed E-state index contributed by atoms with van der Waals surface area (Å²) in [4.78, 5) is 12.1. The molecule has 3 rings (SSSR count). The van der Waals surface area contributed by atoms with Crippen LogP contribution in [0.4, 0.5) is 10.5 Å². The van der Waals surface area contributed by atoms with Gasteiger partial charge in [0, 0.05) is 16.2 Å². The second kappa shape index (κ2) is 5.78. The number of urea groups is 1. The van der Waals surface area contributed by atoms with Gasteiger partial charge in [0.25, 0.3) is 0 Å². The zero-order valence-corrected chi connectivity index (χ0v) is 12.4. The van der Waals surface area contributed by atoms with Crippen molar-refractivity contribution in [2.75, 3.05) is 5.32 Å². The van der Waals surface area contributed by atoms with Crippen LogP contribution >= 0.6 is 11.6 Å². The molecule has 108 valence electrons. The van der Waals surface area contributed by atoms with Gasteiger partial charge in [0.05, 0.1) is 0 Å². The Hall–Kier alpha value is -2.00. The normalized spacial score (nSPS) is 15.3. The van der Waals surface area contributed by atoms with Gasteiger partial charge in [0.15, 0.2) is 0 Å². The Labute approximate surface area is 129 Å². The van der Waals surface area contributed by atoms with Gasteiger partial charge < -0.3 is 10.6 Å². The standard InChI is InChI=1S/C17H17ClN2O/c18-14-6-8-15(9-7-14)19-16(21)20-17(10-11-17)12-13-4-2-1-3-5-13/h1-9H,10-12H2,(H2,19,20,21). The van der Waals surface area contributed by atoms with Gasteiger partial charge in [-0.3, -0.25) is 0 Å². The van der Waals surface area contributed by atoms with Crippen LogP contribution in [0.5, 0.6) is 0 Å². The maximum atomic E-state index is 12.1. The molecule has 0 radical (unpaired) electrons. The van der Waals surface area contributed by atoms with E-state index in [1.54, 1.807) is 24.3 Å². The van der Waals surface area contributed by atoms with Crippen LogP contribution in [0.1, 0.15) is 18.4 Å². The van der Waals surface area contributed by atoms with E-state index in [9.17, 15) is 4.79 Å². The third kappa shape index (κ3) is 3.76. The van der Waals surface area contributed by atoms with E-state index in [1.165, 1.54) is 5.56 Å². The Bertz CT molecular complexity index is 621. The number of hydrogen-bond donors (Lipinski definition) is 2. The van der Waals surface area contributed by atoms with Crippen LogP contribution in [0.25, 0.3) is 0 Å². The minimum absolute atomic E-state index is 0.0855. The molecule has 2 aromatic carbocycles. The highest BCUT2D eigenvalue weighted by molar-refractivity contribution is 6.30. The van der Waals surface area contributed by atoms with Crippen molar-refractivity contribution >= 4 is 23.3 Å². The number of hydrogen-bond acceptors (Lipinski definition) is 1. The number of nitrogens with one attached hydrogen (secondary N) is 2. The monoisotopic (exact) mass is 300 g/mol. The molecule has 1 aliphatic rings. The minimum atomic E-state index is -0.161. The molecule has 0 aliphatic heterocycles. The van der Waals surface area contributed by atoms with Crippen LogP contribution in [-0.2, 0) is 6.42 Å². The molecule has 0 unspecified atom stereocenters. The molecule has 0 heterocycles. The van der Waals surface area contributed by atoms with Crippen molar-refractivity contribution in [3.63, 3.8) is 0 Å². The van der Waals surface area contributed by atoms with Crippen LogP contribution < -0.4 is 10.6 Å².